The van der Waals surface area contributed by atoms with E-state index in [2.05, 4.69) is 76.5 Å². The van der Waals surface area contributed by atoms with Crippen LogP contribution in [0.5, 0.6) is 0 Å². The summed E-state index contributed by atoms with van der Waals surface area (Å²) in [6, 6.07) is 32.3. The fourth-order valence-corrected chi connectivity index (χ4v) is 14.0. The molecule has 640 valence electrons. The number of aromatic nitrogens is 9. The summed E-state index contributed by atoms with van der Waals surface area (Å²) in [6.45, 7) is 19.5. The van der Waals surface area contributed by atoms with Crippen LogP contribution in [0.3, 0.4) is 0 Å². The summed E-state index contributed by atoms with van der Waals surface area (Å²) in [4.78, 5) is 82.8. The Bertz CT molecular complexity index is 4990. The van der Waals surface area contributed by atoms with Crippen LogP contribution in [-0.2, 0) is 57.0 Å². The second kappa shape index (κ2) is 44.8. The molecule has 4 saturated heterocycles. The molecule has 1 spiro atoms. The summed E-state index contributed by atoms with van der Waals surface area (Å²) < 4.78 is 88.9. The Kier molecular flexibility index (Phi) is 35.6. The van der Waals surface area contributed by atoms with Crippen LogP contribution in [0.25, 0.3) is 66.9 Å². The van der Waals surface area contributed by atoms with Crippen molar-refractivity contribution in [3.05, 3.63) is 126 Å². The van der Waals surface area contributed by atoms with Gasteiger partial charge in [0.1, 0.15) is 34.3 Å². The van der Waals surface area contributed by atoms with Gasteiger partial charge in [-0.15, -0.1) is 0 Å². The second-order valence-electron chi connectivity index (χ2n) is 27.6. The Labute approximate surface area is 692 Å². The van der Waals surface area contributed by atoms with E-state index in [1.165, 1.54) is 0 Å². The third-order valence-electron chi connectivity index (χ3n) is 18.3. The number of carbonyl (C=O) groups is 3. The van der Waals surface area contributed by atoms with E-state index in [0.29, 0.717) is 98.6 Å². The van der Waals surface area contributed by atoms with Crippen molar-refractivity contribution in [1.82, 2.24) is 60.8 Å². The van der Waals surface area contributed by atoms with Gasteiger partial charge in [0.2, 0.25) is 17.8 Å². The average Bonchev–Trinajstić information content (AvgIpc) is 0.778. The number of amides is 3. The first kappa shape index (κ1) is 93.7. The molecule has 118 heavy (non-hydrogen) atoms. The second-order valence-corrected chi connectivity index (χ2v) is 31.9. The maximum atomic E-state index is 12.1. The van der Waals surface area contributed by atoms with Crippen LogP contribution in [0.4, 0.5) is 35.3 Å². The van der Waals surface area contributed by atoms with Crippen molar-refractivity contribution in [2.75, 3.05) is 202 Å². The lowest BCUT2D eigenvalue weighted by Crippen LogP contribution is -2.59. The number of ether oxygens (including phenoxy) is 6. The highest BCUT2D eigenvalue weighted by Crippen LogP contribution is 2.38. The Morgan fingerprint density at radius 2 is 0.780 bits per heavy atom. The zero-order valence-corrected chi connectivity index (χ0v) is 71.2. The third kappa shape index (κ3) is 26.6. The summed E-state index contributed by atoms with van der Waals surface area (Å²) in [5.74, 6) is 3.41. The quantitative estimate of drug-likeness (QED) is 0.0209. The van der Waals surface area contributed by atoms with Gasteiger partial charge in [-0.25, -0.2) is 15.0 Å². The molecule has 38 heteroatoms. The number of aliphatic hydroxyl groups is 2. The van der Waals surface area contributed by atoms with E-state index in [0.717, 1.165) is 113 Å². The minimum atomic E-state index is -3.86. The first-order chi connectivity index (χ1) is 56.6. The number of aliphatic hydroxyl groups excluding tert-OH is 2. The zero-order chi connectivity index (χ0) is 85.6. The molecule has 3 aromatic carbocycles. The molecule has 35 nitrogen and oxygen atoms in total. The molecule has 4 aliphatic heterocycles. The number of anilines is 6. The fraction of sp³-hybridized carbons (Fsp3) is 0.475. The molecule has 3 amide bonds. The lowest BCUT2D eigenvalue weighted by molar-refractivity contribution is -0.114. The van der Waals surface area contributed by atoms with Crippen LogP contribution in [0.1, 0.15) is 91.9 Å². The summed E-state index contributed by atoms with van der Waals surface area (Å²) in [5.41, 5.74) is 23.0. The van der Waals surface area contributed by atoms with Gasteiger partial charge in [0.05, 0.1) is 112 Å². The van der Waals surface area contributed by atoms with Gasteiger partial charge >= 0.3 is 0 Å². The summed E-state index contributed by atoms with van der Waals surface area (Å²) in [6.07, 6.45) is 5.15. The smallest absolute Gasteiger partial charge is 0.264 e. The van der Waals surface area contributed by atoms with Gasteiger partial charge in [0.25, 0.3) is 38.0 Å². The van der Waals surface area contributed by atoms with Crippen molar-refractivity contribution >= 4 is 118 Å². The number of nitrogens with two attached hydrogens (primary N) is 3. The molecular formula is C80H110N18O17S3. The highest BCUT2D eigenvalue weighted by atomic mass is 32.2. The number of thioether (sulfide) groups is 1. The molecule has 13 rings (SSSR count). The Morgan fingerprint density at radius 1 is 0.458 bits per heavy atom. The Morgan fingerprint density at radius 3 is 1.07 bits per heavy atom. The molecule has 4 fully saturated rings. The average molecular weight is 1690 g/mol. The van der Waals surface area contributed by atoms with E-state index in [9.17, 15) is 41.4 Å². The lowest BCUT2D eigenvalue weighted by Gasteiger charge is -2.47. The standard InChI is InChI=1S/C23H28N6O8S2.C21H24N6O4.C21H22N6O2S.3C5H12O/c1-25-21(30)16-6-4-5-15(11-16)18-8-7-17-19(24)27-22(28-20(17)26-18)29-9-10-35-23(12-29,13-36-38(2,31)32)14-37-39(3,33)34;1-23-19(30)14-4-2-3-13(9-14)16-6-5-15-17(22)25-20(26-18(15)24-16)27-7-8-31-21(10-27,11-28)12-29;1-23-19(28)14-4-2-3-13(9-14)16-6-5-15-17(22)25-20(26-18(15)24-16)27-7-8-29-21(10-27)11-30-12-21;3*1-3-5-6-4-2/h4-8,11H,9-10,12-14H2,1-3H3,(H,25,30)(H2,24,26,27,28);2-6,9,28-29H,7-8,10-12H2,1H3,(H,23,30)(H2,22,24,25,26);2-6,9H,7-8,10-12H2,1H3,(H,23,28)(H2,22,24,25,26);3*3-5H2,1-2H3. The van der Waals surface area contributed by atoms with Crippen LogP contribution < -0.4 is 47.9 Å². The number of nitrogen functional groups attached to an aromatic ring is 3. The van der Waals surface area contributed by atoms with E-state index in [4.69, 9.17) is 64.0 Å². The fourth-order valence-electron chi connectivity index (χ4n) is 12.2. The van der Waals surface area contributed by atoms with Crippen molar-refractivity contribution in [2.24, 2.45) is 0 Å². The molecule has 6 aromatic heterocycles. The number of benzene rings is 3. The number of nitrogens with one attached hydrogen (secondary N) is 3. The van der Waals surface area contributed by atoms with Crippen molar-refractivity contribution in [2.45, 2.75) is 77.6 Å². The van der Waals surface area contributed by atoms with Crippen LogP contribution in [0, 0.1) is 0 Å². The third-order valence-corrected chi connectivity index (χ3v) is 20.9. The molecule has 11 N–H and O–H groups in total. The van der Waals surface area contributed by atoms with Gasteiger partial charge in [0.15, 0.2) is 16.9 Å². The topological polar surface area (TPSA) is 474 Å². The highest BCUT2D eigenvalue weighted by molar-refractivity contribution is 8.00. The summed E-state index contributed by atoms with van der Waals surface area (Å²) in [7, 11) is -2.99. The molecule has 0 aliphatic carbocycles. The van der Waals surface area contributed by atoms with Crippen molar-refractivity contribution in [3.63, 3.8) is 0 Å². The van der Waals surface area contributed by atoms with E-state index in [-0.39, 0.29) is 86.0 Å². The summed E-state index contributed by atoms with van der Waals surface area (Å²) in [5, 5.41) is 29.0. The van der Waals surface area contributed by atoms with E-state index in [1.807, 2.05) is 86.0 Å². The van der Waals surface area contributed by atoms with Gasteiger partial charge in [0, 0.05) is 125 Å². The maximum Gasteiger partial charge on any atom is 0.264 e. The number of rotatable bonds is 26. The molecule has 0 unspecified atom stereocenters. The predicted molar refractivity (Wildman–Crippen MR) is 458 cm³/mol. The molecular weight excluding hydrogens is 1580 g/mol. The monoisotopic (exact) mass is 1690 g/mol. The largest absolute Gasteiger partial charge is 0.393 e. The minimum absolute atomic E-state index is 0.0587. The molecule has 0 radical (unpaired) electrons. The van der Waals surface area contributed by atoms with Gasteiger partial charge in [-0.05, 0) is 113 Å². The van der Waals surface area contributed by atoms with E-state index < -0.39 is 44.7 Å². The van der Waals surface area contributed by atoms with Crippen molar-refractivity contribution in [3.8, 4) is 33.8 Å². The number of hydrogen-bond acceptors (Lipinski definition) is 33. The first-order valence-electron chi connectivity index (χ1n) is 38.8. The van der Waals surface area contributed by atoms with Gasteiger partial charge in [-0.2, -0.15) is 58.5 Å². The summed E-state index contributed by atoms with van der Waals surface area (Å²) >= 11 is 1.89. The number of pyridine rings is 3. The van der Waals surface area contributed by atoms with Crippen molar-refractivity contribution < 1.29 is 78.2 Å². The van der Waals surface area contributed by atoms with Gasteiger partial charge in [-0.3, -0.25) is 22.7 Å². The van der Waals surface area contributed by atoms with Crippen molar-refractivity contribution in [1.29, 1.82) is 0 Å². The van der Waals surface area contributed by atoms with Crippen LogP contribution >= 0.6 is 11.8 Å². The number of morpholine rings is 3. The number of nitrogens with zero attached hydrogens (tertiary/aromatic N) is 12. The Hall–Kier alpha value is -9.81. The highest BCUT2D eigenvalue weighted by Gasteiger charge is 2.45. The SMILES string of the molecule is CCCOCC.CCCOCC.CCCOCC.CNC(=O)c1cccc(-c2ccc3c(N)nc(N4CCOC(CO)(CO)C4)nc3n2)c1.CNC(=O)c1cccc(-c2ccc3c(N)nc(N4CCOC(COS(C)(=O)=O)(COS(C)(=O)=O)C4)nc3n2)c1.CNC(=O)c1cccc(-c2ccc3c(N)nc(N4CCOC5(CSC5)C4)nc3n2)c1. The van der Waals surface area contributed by atoms with E-state index >= 15 is 0 Å². The normalized spacial score (nSPS) is 15.2. The van der Waals surface area contributed by atoms with Gasteiger partial charge < -0.3 is 86.5 Å². The molecule has 0 bridgehead atoms. The van der Waals surface area contributed by atoms with Crippen LogP contribution in [0.15, 0.2) is 109 Å². The maximum absolute atomic E-state index is 12.1. The molecule has 0 saturated carbocycles. The first-order valence-corrected chi connectivity index (χ1v) is 43.5. The Balaban J connectivity index is 0.000000200. The van der Waals surface area contributed by atoms with E-state index in [1.54, 1.807) is 86.7 Å². The van der Waals surface area contributed by atoms with Crippen LogP contribution in [0.2, 0.25) is 0 Å². The zero-order valence-electron chi connectivity index (χ0n) is 68.7. The number of fused-ring (bicyclic) bond motifs is 3. The molecule has 4 aliphatic rings. The number of carbonyl (C=O) groups excluding carboxylic acids is 3. The number of hydrogen-bond donors (Lipinski definition) is 8. The lowest BCUT2D eigenvalue weighted by atomic mass is 10.0. The van der Waals surface area contributed by atoms with Gasteiger partial charge in [-0.1, -0.05) is 57.2 Å². The van der Waals surface area contributed by atoms with Crippen LogP contribution in [-0.4, -0.2) is 277 Å². The molecule has 9 aromatic rings. The molecule has 0 atom stereocenters. The predicted octanol–water partition coefficient (Wildman–Crippen LogP) is 6.61. The minimum Gasteiger partial charge on any atom is -0.393 e. The molecule has 10 heterocycles.